The highest BCUT2D eigenvalue weighted by molar-refractivity contribution is 14.1. The summed E-state index contributed by atoms with van der Waals surface area (Å²) in [5.74, 6) is 0.761. The quantitative estimate of drug-likeness (QED) is 0.578. The molecule has 0 fully saturated rings. The van der Waals surface area contributed by atoms with Crippen LogP contribution in [0, 0.1) is 10.5 Å². The highest BCUT2D eigenvalue weighted by Crippen LogP contribution is 2.31. The molecular weight excluding hydrogens is 359 g/mol. The molecular formula is C14H14ClIN2. The SMILES string of the molecule is Cc1nc(C(C)(C)c2ccccc2)nc(Cl)c1I. The number of nitrogens with zero attached hydrogens (tertiary/aromatic N) is 2. The van der Waals surface area contributed by atoms with Crippen molar-refractivity contribution >= 4 is 34.2 Å². The molecule has 1 aromatic carbocycles. The third-order valence-corrected chi connectivity index (χ3v) is 4.91. The fourth-order valence-corrected chi connectivity index (χ4v) is 2.25. The van der Waals surface area contributed by atoms with E-state index < -0.39 is 0 Å². The van der Waals surface area contributed by atoms with E-state index >= 15 is 0 Å². The largest absolute Gasteiger partial charge is 0.236 e. The van der Waals surface area contributed by atoms with Crippen LogP contribution in [-0.4, -0.2) is 9.97 Å². The fourth-order valence-electron chi connectivity index (χ4n) is 1.79. The van der Waals surface area contributed by atoms with E-state index in [9.17, 15) is 0 Å². The molecule has 4 heteroatoms. The minimum Gasteiger partial charge on any atom is -0.236 e. The molecule has 0 radical (unpaired) electrons. The first-order chi connectivity index (χ1) is 8.43. The minimum absolute atomic E-state index is 0.250. The highest BCUT2D eigenvalue weighted by atomic mass is 127. The van der Waals surface area contributed by atoms with Crippen LogP contribution >= 0.6 is 34.2 Å². The molecule has 0 amide bonds. The van der Waals surface area contributed by atoms with E-state index in [1.807, 2.05) is 25.1 Å². The van der Waals surface area contributed by atoms with Crippen LogP contribution in [0.5, 0.6) is 0 Å². The molecule has 18 heavy (non-hydrogen) atoms. The van der Waals surface area contributed by atoms with Crippen molar-refractivity contribution in [3.63, 3.8) is 0 Å². The molecule has 0 saturated heterocycles. The van der Waals surface area contributed by atoms with Gasteiger partial charge in [-0.25, -0.2) is 9.97 Å². The Morgan fingerprint density at radius 3 is 2.28 bits per heavy atom. The number of rotatable bonds is 2. The van der Waals surface area contributed by atoms with Crippen molar-refractivity contribution in [2.45, 2.75) is 26.2 Å². The minimum atomic E-state index is -0.250. The molecule has 2 rings (SSSR count). The normalized spacial score (nSPS) is 11.6. The van der Waals surface area contributed by atoms with E-state index in [-0.39, 0.29) is 5.41 Å². The van der Waals surface area contributed by atoms with Gasteiger partial charge < -0.3 is 0 Å². The molecule has 1 aromatic heterocycles. The van der Waals surface area contributed by atoms with Crippen LogP contribution in [0.3, 0.4) is 0 Å². The van der Waals surface area contributed by atoms with E-state index in [2.05, 4.69) is 58.5 Å². The third kappa shape index (κ3) is 2.52. The first kappa shape index (κ1) is 13.7. The second-order valence-corrected chi connectivity index (χ2v) is 6.17. The molecule has 0 atom stereocenters. The van der Waals surface area contributed by atoms with Gasteiger partial charge in [0.15, 0.2) is 0 Å². The van der Waals surface area contributed by atoms with Crippen LogP contribution in [0.15, 0.2) is 30.3 Å². The summed E-state index contributed by atoms with van der Waals surface area (Å²) >= 11 is 8.33. The summed E-state index contributed by atoms with van der Waals surface area (Å²) in [7, 11) is 0. The molecule has 1 heterocycles. The number of aromatic nitrogens is 2. The van der Waals surface area contributed by atoms with Gasteiger partial charge in [-0.1, -0.05) is 41.9 Å². The van der Waals surface area contributed by atoms with Crippen LogP contribution in [-0.2, 0) is 5.41 Å². The number of aryl methyl sites for hydroxylation is 1. The Labute approximate surface area is 126 Å². The Morgan fingerprint density at radius 1 is 1.11 bits per heavy atom. The van der Waals surface area contributed by atoms with E-state index in [1.165, 1.54) is 5.56 Å². The van der Waals surface area contributed by atoms with Gasteiger partial charge in [-0.2, -0.15) is 0 Å². The van der Waals surface area contributed by atoms with Gasteiger partial charge in [-0.15, -0.1) is 0 Å². The second-order valence-electron chi connectivity index (χ2n) is 4.73. The van der Waals surface area contributed by atoms with Gasteiger partial charge in [0.05, 0.1) is 9.26 Å². The molecule has 0 unspecified atom stereocenters. The van der Waals surface area contributed by atoms with Crippen LogP contribution < -0.4 is 0 Å². The molecule has 94 valence electrons. The molecule has 0 N–H and O–H groups in total. The summed E-state index contributed by atoms with van der Waals surface area (Å²) < 4.78 is 0.918. The Morgan fingerprint density at radius 2 is 1.72 bits per heavy atom. The van der Waals surface area contributed by atoms with Gasteiger partial charge in [0.2, 0.25) is 0 Å². The first-order valence-corrected chi connectivity index (χ1v) is 7.14. The monoisotopic (exact) mass is 372 g/mol. The van der Waals surface area contributed by atoms with Gasteiger partial charge in [0.25, 0.3) is 0 Å². The summed E-state index contributed by atoms with van der Waals surface area (Å²) in [6.07, 6.45) is 0. The maximum absolute atomic E-state index is 6.15. The summed E-state index contributed by atoms with van der Waals surface area (Å²) in [6.45, 7) is 6.18. The highest BCUT2D eigenvalue weighted by Gasteiger charge is 2.27. The Hall–Kier alpha value is -0.680. The maximum atomic E-state index is 6.15. The van der Waals surface area contributed by atoms with E-state index in [0.29, 0.717) is 5.15 Å². The number of hydrogen-bond acceptors (Lipinski definition) is 2. The predicted octanol–water partition coefficient (Wildman–Crippen LogP) is 4.37. The van der Waals surface area contributed by atoms with Crippen molar-refractivity contribution in [3.8, 4) is 0 Å². The number of hydrogen-bond donors (Lipinski definition) is 0. The van der Waals surface area contributed by atoms with Gasteiger partial charge in [0.1, 0.15) is 11.0 Å². The predicted molar refractivity (Wildman–Crippen MR) is 83.1 cm³/mol. The smallest absolute Gasteiger partial charge is 0.146 e. The molecule has 0 aliphatic rings. The summed E-state index contributed by atoms with van der Waals surface area (Å²) in [5.41, 5.74) is 1.86. The zero-order valence-corrected chi connectivity index (χ0v) is 13.5. The maximum Gasteiger partial charge on any atom is 0.146 e. The van der Waals surface area contributed by atoms with Crippen molar-refractivity contribution in [2.75, 3.05) is 0 Å². The fraction of sp³-hybridized carbons (Fsp3) is 0.286. The molecule has 0 aliphatic heterocycles. The summed E-state index contributed by atoms with van der Waals surface area (Å²) in [6, 6.07) is 10.2. The zero-order chi connectivity index (χ0) is 13.3. The van der Waals surface area contributed by atoms with E-state index in [0.717, 1.165) is 15.1 Å². The van der Waals surface area contributed by atoms with E-state index in [4.69, 9.17) is 11.6 Å². The van der Waals surface area contributed by atoms with E-state index in [1.54, 1.807) is 0 Å². The molecule has 0 saturated carbocycles. The summed E-state index contributed by atoms with van der Waals surface area (Å²) in [5, 5.41) is 0.530. The lowest BCUT2D eigenvalue weighted by Crippen LogP contribution is -2.23. The lowest BCUT2D eigenvalue weighted by atomic mass is 9.84. The Kier molecular flexibility index (Phi) is 3.92. The van der Waals surface area contributed by atoms with Crippen molar-refractivity contribution in [1.29, 1.82) is 0 Å². The zero-order valence-electron chi connectivity index (χ0n) is 10.5. The number of halogens is 2. The standard InChI is InChI=1S/C14H14ClIN2/c1-9-11(16)12(15)18-13(17-9)14(2,3)10-7-5-4-6-8-10/h4-8H,1-3H3. The molecule has 0 bridgehead atoms. The van der Waals surface area contributed by atoms with Crippen molar-refractivity contribution in [1.82, 2.24) is 9.97 Å². The first-order valence-electron chi connectivity index (χ1n) is 5.68. The average Bonchev–Trinajstić information content (AvgIpc) is 2.36. The Bertz CT molecular complexity index is 544. The van der Waals surface area contributed by atoms with Crippen LogP contribution in [0.1, 0.15) is 30.9 Å². The van der Waals surface area contributed by atoms with Crippen LogP contribution in [0.25, 0.3) is 0 Å². The number of benzene rings is 1. The lowest BCUT2D eigenvalue weighted by molar-refractivity contribution is 0.586. The van der Waals surface area contributed by atoms with Gasteiger partial charge in [-0.05, 0) is 48.9 Å². The van der Waals surface area contributed by atoms with Crippen molar-refractivity contribution < 1.29 is 0 Å². The molecule has 0 aliphatic carbocycles. The van der Waals surface area contributed by atoms with Crippen molar-refractivity contribution in [2.24, 2.45) is 0 Å². The van der Waals surface area contributed by atoms with Gasteiger partial charge in [-0.3, -0.25) is 0 Å². The second kappa shape index (κ2) is 5.13. The topological polar surface area (TPSA) is 25.8 Å². The molecule has 2 nitrogen and oxygen atoms in total. The van der Waals surface area contributed by atoms with Crippen LogP contribution in [0.4, 0.5) is 0 Å². The third-order valence-electron chi connectivity index (χ3n) is 3.03. The Balaban J connectivity index is 2.54. The average molecular weight is 373 g/mol. The van der Waals surface area contributed by atoms with Gasteiger partial charge in [0, 0.05) is 5.41 Å². The lowest BCUT2D eigenvalue weighted by Gasteiger charge is -2.24. The van der Waals surface area contributed by atoms with Crippen molar-refractivity contribution in [3.05, 3.63) is 56.1 Å². The molecule has 2 aromatic rings. The summed E-state index contributed by atoms with van der Waals surface area (Å²) in [4.78, 5) is 9.01. The van der Waals surface area contributed by atoms with Gasteiger partial charge >= 0.3 is 0 Å². The van der Waals surface area contributed by atoms with Crippen LogP contribution in [0.2, 0.25) is 5.15 Å². The molecule has 0 spiro atoms.